The molecule has 94 valence electrons. The number of nitrogens with one attached hydrogen (secondary N) is 1. The molecular formula is C14H27NO. The van der Waals surface area contributed by atoms with Gasteiger partial charge in [-0.15, -0.1) is 0 Å². The third-order valence-electron chi connectivity index (χ3n) is 4.58. The number of hydrogen-bond donors (Lipinski definition) is 1. The van der Waals surface area contributed by atoms with Crippen LogP contribution in [0.1, 0.15) is 52.9 Å². The Morgan fingerprint density at radius 2 is 2.19 bits per heavy atom. The van der Waals surface area contributed by atoms with Gasteiger partial charge in [-0.05, 0) is 24.7 Å². The van der Waals surface area contributed by atoms with Gasteiger partial charge in [0.15, 0.2) is 0 Å². The zero-order valence-electron chi connectivity index (χ0n) is 11.1. The normalized spacial score (nSPS) is 40.5. The lowest BCUT2D eigenvalue weighted by molar-refractivity contribution is -0.160. The minimum atomic E-state index is 0.152. The Kier molecular flexibility index (Phi) is 3.91. The summed E-state index contributed by atoms with van der Waals surface area (Å²) < 4.78 is 6.32. The Morgan fingerprint density at radius 1 is 1.38 bits per heavy atom. The lowest BCUT2D eigenvalue weighted by Crippen LogP contribution is -2.64. The van der Waals surface area contributed by atoms with Gasteiger partial charge in [0.05, 0.1) is 12.2 Å². The fourth-order valence-corrected chi connectivity index (χ4v) is 3.91. The molecule has 3 atom stereocenters. The second kappa shape index (κ2) is 5.05. The predicted octanol–water partition coefficient (Wildman–Crippen LogP) is 2.97. The lowest BCUT2D eigenvalue weighted by atomic mass is 9.67. The molecule has 2 heteroatoms. The van der Waals surface area contributed by atoms with Crippen molar-refractivity contribution in [3.05, 3.63) is 0 Å². The van der Waals surface area contributed by atoms with E-state index in [1.165, 1.54) is 32.1 Å². The molecule has 1 heterocycles. The molecule has 1 saturated carbocycles. The number of rotatable bonds is 2. The van der Waals surface area contributed by atoms with Crippen molar-refractivity contribution >= 4 is 0 Å². The van der Waals surface area contributed by atoms with Crippen molar-refractivity contribution < 1.29 is 4.74 Å². The summed E-state index contributed by atoms with van der Waals surface area (Å²) in [7, 11) is 0. The molecular weight excluding hydrogens is 198 g/mol. The van der Waals surface area contributed by atoms with Crippen LogP contribution in [0.15, 0.2) is 0 Å². The van der Waals surface area contributed by atoms with Gasteiger partial charge in [0.2, 0.25) is 0 Å². The minimum Gasteiger partial charge on any atom is -0.372 e. The molecule has 3 unspecified atom stereocenters. The van der Waals surface area contributed by atoms with Crippen molar-refractivity contribution in [1.82, 2.24) is 5.32 Å². The highest BCUT2D eigenvalue weighted by Gasteiger charge is 2.49. The first-order valence-corrected chi connectivity index (χ1v) is 7.08. The predicted molar refractivity (Wildman–Crippen MR) is 67.6 cm³/mol. The van der Waals surface area contributed by atoms with Crippen LogP contribution in [0.2, 0.25) is 0 Å². The van der Waals surface area contributed by atoms with Crippen LogP contribution in [0.4, 0.5) is 0 Å². The summed E-state index contributed by atoms with van der Waals surface area (Å²) in [4.78, 5) is 0. The summed E-state index contributed by atoms with van der Waals surface area (Å²) in [6, 6.07) is 0.562. The molecule has 1 saturated heterocycles. The van der Waals surface area contributed by atoms with Crippen molar-refractivity contribution in [3.63, 3.8) is 0 Å². The third kappa shape index (κ3) is 2.02. The Balaban J connectivity index is 2.22. The molecule has 0 bridgehead atoms. The van der Waals surface area contributed by atoms with E-state index < -0.39 is 0 Å². The third-order valence-corrected chi connectivity index (χ3v) is 4.58. The van der Waals surface area contributed by atoms with E-state index in [0.29, 0.717) is 12.0 Å². The molecule has 0 aromatic carbocycles. The zero-order chi connectivity index (χ0) is 11.6. The van der Waals surface area contributed by atoms with Crippen molar-refractivity contribution in [2.45, 2.75) is 64.5 Å². The van der Waals surface area contributed by atoms with Crippen molar-refractivity contribution in [1.29, 1.82) is 0 Å². The Labute approximate surface area is 100 Å². The molecule has 0 aromatic rings. The van der Waals surface area contributed by atoms with Gasteiger partial charge in [-0.25, -0.2) is 0 Å². The van der Waals surface area contributed by atoms with E-state index in [-0.39, 0.29) is 5.60 Å². The van der Waals surface area contributed by atoms with E-state index in [4.69, 9.17) is 4.74 Å². The van der Waals surface area contributed by atoms with Crippen LogP contribution in [0, 0.1) is 11.8 Å². The van der Waals surface area contributed by atoms with Crippen LogP contribution in [-0.2, 0) is 4.74 Å². The molecule has 1 aliphatic carbocycles. The maximum atomic E-state index is 6.32. The van der Waals surface area contributed by atoms with Crippen LogP contribution < -0.4 is 5.32 Å². The quantitative estimate of drug-likeness (QED) is 0.780. The Bertz CT molecular complexity index is 223. The zero-order valence-corrected chi connectivity index (χ0v) is 11.1. The van der Waals surface area contributed by atoms with Gasteiger partial charge in [-0.1, -0.05) is 40.0 Å². The van der Waals surface area contributed by atoms with Gasteiger partial charge in [-0.3, -0.25) is 0 Å². The van der Waals surface area contributed by atoms with Gasteiger partial charge in [-0.2, -0.15) is 0 Å². The summed E-state index contributed by atoms with van der Waals surface area (Å²) in [6.45, 7) is 8.92. The topological polar surface area (TPSA) is 21.3 Å². The average molecular weight is 225 g/mol. The van der Waals surface area contributed by atoms with Gasteiger partial charge in [0.1, 0.15) is 0 Å². The Morgan fingerprint density at radius 3 is 2.88 bits per heavy atom. The first-order valence-electron chi connectivity index (χ1n) is 7.08. The highest BCUT2D eigenvalue weighted by Crippen LogP contribution is 2.44. The minimum absolute atomic E-state index is 0.152. The largest absolute Gasteiger partial charge is 0.372 e. The monoisotopic (exact) mass is 225 g/mol. The molecule has 2 rings (SSSR count). The van der Waals surface area contributed by atoms with Crippen LogP contribution in [-0.4, -0.2) is 24.8 Å². The number of ether oxygens (including phenoxy) is 1. The summed E-state index contributed by atoms with van der Waals surface area (Å²) in [6.07, 6.45) is 6.64. The maximum Gasteiger partial charge on any atom is 0.0865 e. The second-order valence-electron chi connectivity index (χ2n) is 5.83. The van der Waals surface area contributed by atoms with E-state index in [1.807, 2.05) is 0 Å². The molecule has 1 N–H and O–H groups in total. The molecule has 1 aliphatic heterocycles. The first-order chi connectivity index (χ1) is 7.70. The molecule has 1 spiro atoms. The van der Waals surface area contributed by atoms with Crippen LogP contribution in [0.3, 0.4) is 0 Å². The van der Waals surface area contributed by atoms with Crippen LogP contribution in [0.25, 0.3) is 0 Å². The van der Waals surface area contributed by atoms with Gasteiger partial charge in [0, 0.05) is 12.6 Å². The van der Waals surface area contributed by atoms with E-state index in [0.717, 1.165) is 19.1 Å². The number of morpholine rings is 1. The maximum absolute atomic E-state index is 6.32. The highest BCUT2D eigenvalue weighted by molar-refractivity contribution is 5.03. The Hall–Kier alpha value is -0.0800. The van der Waals surface area contributed by atoms with Crippen molar-refractivity contribution in [2.75, 3.05) is 13.2 Å². The van der Waals surface area contributed by atoms with Crippen molar-refractivity contribution in [2.24, 2.45) is 11.8 Å². The van der Waals surface area contributed by atoms with E-state index in [2.05, 4.69) is 26.1 Å². The van der Waals surface area contributed by atoms with Crippen LogP contribution >= 0.6 is 0 Å². The lowest BCUT2D eigenvalue weighted by Gasteiger charge is -2.53. The standard InChI is InChI=1S/C14H27NO/c1-4-12-7-5-6-8-14(12)13(11(2)3)15-9-10-16-14/h11-13,15H,4-10H2,1-3H3. The van der Waals surface area contributed by atoms with E-state index in [9.17, 15) is 0 Å². The van der Waals surface area contributed by atoms with Gasteiger partial charge >= 0.3 is 0 Å². The molecule has 0 amide bonds. The summed E-state index contributed by atoms with van der Waals surface area (Å²) >= 11 is 0. The van der Waals surface area contributed by atoms with Gasteiger partial charge < -0.3 is 10.1 Å². The van der Waals surface area contributed by atoms with E-state index in [1.54, 1.807) is 0 Å². The smallest absolute Gasteiger partial charge is 0.0865 e. The summed E-state index contributed by atoms with van der Waals surface area (Å²) in [5.41, 5.74) is 0.152. The SMILES string of the molecule is CCC1CCCCC12OCCNC2C(C)C. The fourth-order valence-electron chi connectivity index (χ4n) is 3.91. The van der Waals surface area contributed by atoms with Gasteiger partial charge in [0.25, 0.3) is 0 Å². The molecule has 0 aromatic heterocycles. The molecule has 2 fully saturated rings. The molecule has 2 nitrogen and oxygen atoms in total. The first kappa shape index (κ1) is 12.4. The number of hydrogen-bond acceptors (Lipinski definition) is 2. The van der Waals surface area contributed by atoms with E-state index >= 15 is 0 Å². The molecule has 0 radical (unpaired) electrons. The molecule has 16 heavy (non-hydrogen) atoms. The van der Waals surface area contributed by atoms with Crippen molar-refractivity contribution in [3.8, 4) is 0 Å². The average Bonchev–Trinajstić information content (AvgIpc) is 2.30. The summed E-state index contributed by atoms with van der Waals surface area (Å²) in [5, 5.41) is 3.72. The van der Waals surface area contributed by atoms with Crippen LogP contribution in [0.5, 0.6) is 0 Å². The highest BCUT2D eigenvalue weighted by atomic mass is 16.5. The fraction of sp³-hybridized carbons (Fsp3) is 1.00. The summed E-state index contributed by atoms with van der Waals surface area (Å²) in [5.74, 6) is 1.44. The molecule has 2 aliphatic rings. The second-order valence-corrected chi connectivity index (χ2v) is 5.83.